The summed E-state index contributed by atoms with van der Waals surface area (Å²) in [6.45, 7) is 0. The van der Waals surface area contributed by atoms with Crippen molar-refractivity contribution in [2.45, 2.75) is 11.6 Å². The summed E-state index contributed by atoms with van der Waals surface area (Å²) in [5, 5.41) is 56.9. The van der Waals surface area contributed by atoms with Gasteiger partial charge in [0.25, 0.3) is 0 Å². The number of carboxylic acid groups (broad SMARTS) is 1. The maximum absolute atomic E-state index is 12.5. The standard InChI is InChI=1S/C21H19NO9/c22-21(20(30)31,18(28)8-4-12-2-6-14(24)17(27)10-12)19(29)15(25)7-3-11-1-5-13(23)16(26)9-11/h1-10,15,23-27H,22H2,(H,30,31)/t15?,21-/m0/s1. The maximum atomic E-state index is 12.5. The molecule has 0 spiro atoms. The number of benzene rings is 2. The van der Waals surface area contributed by atoms with Gasteiger partial charge in [0, 0.05) is 0 Å². The van der Waals surface area contributed by atoms with Crippen LogP contribution >= 0.6 is 0 Å². The van der Waals surface area contributed by atoms with Crippen molar-refractivity contribution in [1.29, 1.82) is 0 Å². The van der Waals surface area contributed by atoms with E-state index >= 15 is 0 Å². The lowest BCUT2D eigenvalue weighted by Gasteiger charge is -2.22. The Balaban J connectivity index is 2.25. The van der Waals surface area contributed by atoms with Gasteiger partial charge in [0.15, 0.2) is 28.8 Å². The normalized spacial score (nSPS) is 14.4. The Morgan fingerprint density at radius 1 is 0.839 bits per heavy atom. The van der Waals surface area contributed by atoms with Crippen molar-refractivity contribution in [3.8, 4) is 23.0 Å². The number of phenols is 4. The van der Waals surface area contributed by atoms with Crippen LogP contribution in [0.5, 0.6) is 23.0 Å². The molecule has 8 N–H and O–H groups in total. The molecule has 0 bridgehead atoms. The van der Waals surface area contributed by atoms with Gasteiger partial charge in [-0.3, -0.25) is 9.59 Å². The SMILES string of the molecule is N[C@@](C(=O)O)(C(=O)C=Cc1ccc(O)c(O)c1)C(=O)C(O)C=Cc1ccc(O)c(O)c1. The Morgan fingerprint density at radius 2 is 1.32 bits per heavy atom. The molecule has 2 aromatic carbocycles. The first-order valence-electron chi connectivity index (χ1n) is 8.66. The highest BCUT2D eigenvalue weighted by Gasteiger charge is 2.50. The van der Waals surface area contributed by atoms with Crippen LogP contribution in [-0.4, -0.2) is 59.8 Å². The zero-order valence-electron chi connectivity index (χ0n) is 15.8. The topological polar surface area (TPSA) is 199 Å². The van der Waals surface area contributed by atoms with Crippen LogP contribution in [0.3, 0.4) is 0 Å². The molecule has 10 nitrogen and oxygen atoms in total. The number of Topliss-reactive ketones (excluding diaryl/α,β-unsaturated/α-hetero) is 1. The lowest BCUT2D eigenvalue weighted by atomic mass is 9.86. The zero-order chi connectivity index (χ0) is 23.3. The van der Waals surface area contributed by atoms with E-state index in [1.165, 1.54) is 12.1 Å². The molecule has 2 rings (SSSR count). The van der Waals surface area contributed by atoms with Crippen molar-refractivity contribution in [1.82, 2.24) is 0 Å². The Kier molecular flexibility index (Phi) is 6.80. The molecule has 0 saturated carbocycles. The molecule has 162 valence electrons. The minimum absolute atomic E-state index is 0.205. The van der Waals surface area contributed by atoms with Crippen LogP contribution in [-0.2, 0) is 14.4 Å². The zero-order valence-corrected chi connectivity index (χ0v) is 15.8. The Labute approximate surface area is 175 Å². The number of carboxylic acids is 1. The molecule has 0 aliphatic carbocycles. The summed E-state index contributed by atoms with van der Waals surface area (Å²) in [5.74, 6) is -6.58. The maximum Gasteiger partial charge on any atom is 0.339 e. The summed E-state index contributed by atoms with van der Waals surface area (Å²) in [6.07, 6.45) is 1.72. The van der Waals surface area contributed by atoms with Gasteiger partial charge >= 0.3 is 5.97 Å². The van der Waals surface area contributed by atoms with Crippen LogP contribution in [0.1, 0.15) is 11.1 Å². The fourth-order valence-corrected chi connectivity index (χ4v) is 2.45. The van der Waals surface area contributed by atoms with E-state index in [4.69, 9.17) is 5.73 Å². The number of phenolic OH excluding ortho intramolecular Hbond substituents is 4. The first-order chi connectivity index (χ1) is 14.5. The molecule has 1 unspecified atom stereocenters. The third-order valence-electron chi connectivity index (χ3n) is 4.28. The van der Waals surface area contributed by atoms with Crippen molar-refractivity contribution in [2.75, 3.05) is 0 Å². The molecule has 0 radical (unpaired) electrons. The quantitative estimate of drug-likeness (QED) is 0.176. The first-order valence-corrected chi connectivity index (χ1v) is 8.66. The molecule has 2 atom stereocenters. The number of aliphatic hydroxyl groups is 1. The van der Waals surface area contributed by atoms with Crippen LogP contribution < -0.4 is 5.73 Å². The highest BCUT2D eigenvalue weighted by Crippen LogP contribution is 2.26. The van der Waals surface area contributed by atoms with E-state index < -0.39 is 46.4 Å². The minimum Gasteiger partial charge on any atom is -0.504 e. The highest BCUT2D eigenvalue weighted by atomic mass is 16.4. The van der Waals surface area contributed by atoms with Crippen molar-refractivity contribution in [3.63, 3.8) is 0 Å². The van der Waals surface area contributed by atoms with Gasteiger partial charge in [-0.1, -0.05) is 24.3 Å². The average Bonchev–Trinajstić information content (AvgIpc) is 2.73. The van der Waals surface area contributed by atoms with E-state index in [1.54, 1.807) is 0 Å². The average molecular weight is 429 g/mol. The first kappa shape index (κ1) is 23.1. The second-order valence-corrected chi connectivity index (χ2v) is 6.48. The predicted octanol–water partition coefficient (Wildman–Crippen LogP) is 0.517. The van der Waals surface area contributed by atoms with Crippen LogP contribution in [0, 0.1) is 0 Å². The minimum atomic E-state index is -3.10. The Bertz CT molecular complexity index is 1090. The number of hydrogen-bond acceptors (Lipinski definition) is 9. The molecule has 0 amide bonds. The van der Waals surface area contributed by atoms with Crippen LogP contribution in [0.4, 0.5) is 0 Å². The fourth-order valence-electron chi connectivity index (χ4n) is 2.45. The van der Waals surface area contributed by atoms with Gasteiger partial charge in [0.05, 0.1) is 0 Å². The van der Waals surface area contributed by atoms with Gasteiger partial charge in [-0.25, -0.2) is 4.79 Å². The van der Waals surface area contributed by atoms with Crippen LogP contribution in [0.25, 0.3) is 12.2 Å². The Hall–Kier alpha value is -4.15. The highest BCUT2D eigenvalue weighted by molar-refractivity contribution is 6.31. The van der Waals surface area contributed by atoms with Crippen LogP contribution in [0.15, 0.2) is 48.6 Å². The van der Waals surface area contributed by atoms with Crippen molar-refractivity contribution >= 4 is 29.7 Å². The fraction of sp³-hybridized carbons (Fsp3) is 0.0952. The van der Waals surface area contributed by atoms with Gasteiger partial charge < -0.3 is 36.4 Å². The molecule has 10 heteroatoms. The van der Waals surface area contributed by atoms with Gasteiger partial charge in [-0.15, -0.1) is 0 Å². The van der Waals surface area contributed by atoms with E-state index in [9.17, 15) is 45.0 Å². The summed E-state index contributed by atoms with van der Waals surface area (Å²) in [5.41, 5.74) is 2.92. The molecule has 0 saturated heterocycles. The summed E-state index contributed by atoms with van der Waals surface area (Å²) < 4.78 is 0. The predicted molar refractivity (Wildman–Crippen MR) is 108 cm³/mol. The third-order valence-corrected chi connectivity index (χ3v) is 4.28. The smallest absolute Gasteiger partial charge is 0.339 e. The van der Waals surface area contributed by atoms with E-state index in [0.717, 1.165) is 42.5 Å². The monoisotopic (exact) mass is 429 g/mol. The molecule has 0 aliphatic heterocycles. The number of aliphatic hydroxyl groups excluding tert-OH is 1. The second kappa shape index (κ2) is 9.11. The number of nitrogens with two attached hydrogens (primary N) is 1. The van der Waals surface area contributed by atoms with Gasteiger partial charge in [0.2, 0.25) is 11.3 Å². The van der Waals surface area contributed by atoms with Crippen molar-refractivity contribution in [2.24, 2.45) is 5.73 Å². The molecule has 0 fully saturated rings. The summed E-state index contributed by atoms with van der Waals surface area (Å²) in [6, 6.07) is 7.15. The number of aliphatic carboxylic acids is 1. The van der Waals surface area contributed by atoms with Crippen molar-refractivity contribution in [3.05, 3.63) is 59.7 Å². The van der Waals surface area contributed by atoms with Gasteiger partial charge in [-0.2, -0.15) is 0 Å². The van der Waals surface area contributed by atoms with Crippen LogP contribution in [0.2, 0.25) is 0 Å². The third kappa shape index (κ3) is 5.07. The summed E-state index contributed by atoms with van der Waals surface area (Å²) in [4.78, 5) is 36.5. The van der Waals surface area contributed by atoms with E-state index in [-0.39, 0.29) is 16.9 Å². The molecule has 0 heterocycles. The molecule has 0 aromatic heterocycles. The molecule has 2 aromatic rings. The molecular formula is C21H19NO9. The number of ketones is 2. The molecule has 31 heavy (non-hydrogen) atoms. The number of carbonyl (C=O) groups excluding carboxylic acids is 2. The number of hydrogen-bond donors (Lipinski definition) is 7. The van der Waals surface area contributed by atoms with Gasteiger partial charge in [0.1, 0.15) is 6.10 Å². The van der Waals surface area contributed by atoms with E-state index in [1.807, 2.05) is 0 Å². The lowest BCUT2D eigenvalue weighted by Crippen LogP contribution is -2.63. The Morgan fingerprint density at radius 3 is 1.77 bits per heavy atom. The van der Waals surface area contributed by atoms with E-state index in [0.29, 0.717) is 6.08 Å². The van der Waals surface area contributed by atoms with E-state index in [2.05, 4.69) is 0 Å². The molecule has 0 aliphatic rings. The summed E-state index contributed by atoms with van der Waals surface area (Å²) in [7, 11) is 0. The summed E-state index contributed by atoms with van der Waals surface area (Å²) >= 11 is 0. The lowest BCUT2D eigenvalue weighted by molar-refractivity contribution is -0.153. The number of carbonyl (C=O) groups is 3. The second-order valence-electron chi connectivity index (χ2n) is 6.48. The number of rotatable bonds is 8. The molecular weight excluding hydrogens is 410 g/mol. The van der Waals surface area contributed by atoms with Gasteiger partial charge in [-0.05, 0) is 47.5 Å². The number of aromatic hydroxyl groups is 4. The van der Waals surface area contributed by atoms with Crippen molar-refractivity contribution < 1.29 is 45.0 Å². The largest absolute Gasteiger partial charge is 0.504 e.